The lowest BCUT2D eigenvalue weighted by Crippen LogP contribution is -2.36. The third-order valence-corrected chi connectivity index (χ3v) is 5.17. The molecule has 0 saturated carbocycles. The zero-order valence-corrected chi connectivity index (χ0v) is 13.5. The van der Waals surface area contributed by atoms with E-state index in [1.165, 1.54) is 24.6 Å². The first-order valence-corrected chi connectivity index (χ1v) is 7.99. The van der Waals surface area contributed by atoms with Crippen LogP contribution in [0.5, 0.6) is 0 Å². The van der Waals surface area contributed by atoms with Gasteiger partial charge in [0.1, 0.15) is 0 Å². The fourth-order valence-electron chi connectivity index (χ4n) is 1.62. The number of sulfonamides is 1. The molecule has 0 fully saturated rings. The molecule has 1 aromatic rings. The molecule has 0 atom stereocenters. The standard InChI is InChI=1S/C13H20ClNO4S/c1-11-4-5-12(10-13(11)14)20(16,17)15(6-8-18-2)7-9-19-3/h4-5,10H,6-9H2,1-3H3. The second-order valence-electron chi connectivity index (χ2n) is 4.30. The average molecular weight is 322 g/mol. The molecule has 0 aromatic heterocycles. The summed E-state index contributed by atoms with van der Waals surface area (Å²) in [4.78, 5) is 0.181. The Bertz CT molecular complexity index is 525. The second kappa shape index (κ2) is 7.95. The quantitative estimate of drug-likeness (QED) is 0.734. The van der Waals surface area contributed by atoms with E-state index in [9.17, 15) is 8.42 Å². The summed E-state index contributed by atoms with van der Waals surface area (Å²) in [6.45, 7) is 3.01. The van der Waals surface area contributed by atoms with Crippen molar-refractivity contribution in [3.8, 4) is 0 Å². The number of aryl methyl sites for hydroxylation is 1. The van der Waals surface area contributed by atoms with Crippen molar-refractivity contribution in [2.24, 2.45) is 0 Å². The highest BCUT2D eigenvalue weighted by Crippen LogP contribution is 2.22. The number of hydrogen-bond acceptors (Lipinski definition) is 4. The lowest BCUT2D eigenvalue weighted by molar-refractivity contribution is 0.150. The highest BCUT2D eigenvalue weighted by atomic mass is 35.5. The highest BCUT2D eigenvalue weighted by Gasteiger charge is 2.24. The maximum atomic E-state index is 12.6. The van der Waals surface area contributed by atoms with Gasteiger partial charge in [-0.1, -0.05) is 17.7 Å². The van der Waals surface area contributed by atoms with Crippen LogP contribution in [0.2, 0.25) is 5.02 Å². The maximum Gasteiger partial charge on any atom is 0.243 e. The molecule has 0 heterocycles. The SMILES string of the molecule is COCCN(CCOC)S(=O)(=O)c1ccc(C)c(Cl)c1. The van der Waals surface area contributed by atoms with Crippen molar-refractivity contribution in [3.05, 3.63) is 28.8 Å². The largest absolute Gasteiger partial charge is 0.383 e. The second-order valence-corrected chi connectivity index (χ2v) is 6.65. The zero-order chi connectivity index (χ0) is 15.2. The Morgan fingerprint density at radius 1 is 1.15 bits per heavy atom. The van der Waals surface area contributed by atoms with Crippen LogP contribution >= 0.6 is 11.6 Å². The van der Waals surface area contributed by atoms with Crippen LogP contribution in [0.25, 0.3) is 0 Å². The van der Waals surface area contributed by atoms with Crippen LogP contribution in [0.15, 0.2) is 23.1 Å². The van der Waals surface area contributed by atoms with Gasteiger partial charge in [0.2, 0.25) is 10.0 Å². The third kappa shape index (κ3) is 4.43. The molecule has 0 aliphatic carbocycles. The van der Waals surface area contributed by atoms with Gasteiger partial charge in [-0.2, -0.15) is 4.31 Å². The molecule has 1 rings (SSSR count). The molecule has 0 unspecified atom stereocenters. The molecule has 0 saturated heterocycles. The number of halogens is 1. The summed E-state index contributed by atoms with van der Waals surface area (Å²) in [6, 6.07) is 4.72. The first-order chi connectivity index (χ1) is 9.43. The summed E-state index contributed by atoms with van der Waals surface area (Å²) in [7, 11) is -0.533. The molecule has 20 heavy (non-hydrogen) atoms. The van der Waals surface area contributed by atoms with Crippen molar-refractivity contribution in [3.63, 3.8) is 0 Å². The Hall–Kier alpha value is -0.660. The van der Waals surface area contributed by atoms with Crippen molar-refractivity contribution in [2.45, 2.75) is 11.8 Å². The van der Waals surface area contributed by atoms with Crippen molar-refractivity contribution >= 4 is 21.6 Å². The smallest absolute Gasteiger partial charge is 0.243 e. The fraction of sp³-hybridized carbons (Fsp3) is 0.538. The van der Waals surface area contributed by atoms with Gasteiger partial charge in [-0.25, -0.2) is 8.42 Å². The van der Waals surface area contributed by atoms with E-state index in [1.807, 2.05) is 6.92 Å². The number of benzene rings is 1. The molecular formula is C13H20ClNO4S. The van der Waals surface area contributed by atoms with Gasteiger partial charge < -0.3 is 9.47 Å². The topological polar surface area (TPSA) is 55.8 Å². The van der Waals surface area contributed by atoms with E-state index in [0.717, 1.165) is 5.56 Å². The van der Waals surface area contributed by atoms with Gasteiger partial charge in [-0.05, 0) is 24.6 Å². The van der Waals surface area contributed by atoms with E-state index in [1.54, 1.807) is 12.1 Å². The molecular weight excluding hydrogens is 302 g/mol. The molecule has 0 aliphatic rings. The van der Waals surface area contributed by atoms with Crippen LogP contribution in [0.3, 0.4) is 0 Å². The minimum absolute atomic E-state index is 0.181. The Labute approximate surface area is 125 Å². The Morgan fingerprint density at radius 2 is 1.70 bits per heavy atom. The van der Waals surface area contributed by atoms with Crippen molar-refractivity contribution in [1.82, 2.24) is 4.31 Å². The van der Waals surface area contributed by atoms with Gasteiger partial charge in [0, 0.05) is 32.3 Å². The van der Waals surface area contributed by atoms with E-state index < -0.39 is 10.0 Å². The molecule has 0 aliphatic heterocycles. The molecule has 0 N–H and O–H groups in total. The molecule has 0 radical (unpaired) electrons. The fourth-order valence-corrected chi connectivity index (χ4v) is 3.30. The Morgan fingerprint density at radius 3 is 2.15 bits per heavy atom. The highest BCUT2D eigenvalue weighted by molar-refractivity contribution is 7.89. The summed E-state index contributed by atoms with van der Waals surface area (Å²) < 4.78 is 36.4. The summed E-state index contributed by atoms with van der Waals surface area (Å²) in [6.07, 6.45) is 0. The van der Waals surface area contributed by atoms with Crippen LogP contribution in [-0.2, 0) is 19.5 Å². The molecule has 5 nitrogen and oxygen atoms in total. The number of nitrogens with zero attached hydrogens (tertiary/aromatic N) is 1. The van der Waals surface area contributed by atoms with Crippen LogP contribution < -0.4 is 0 Å². The van der Waals surface area contributed by atoms with Crippen LogP contribution in [0.4, 0.5) is 0 Å². The van der Waals surface area contributed by atoms with Gasteiger partial charge in [-0.15, -0.1) is 0 Å². The zero-order valence-electron chi connectivity index (χ0n) is 11.9. The number of ether oxygens (including phenoxy) is 2. The summed E-state index contributed by atoms with van der Waals surface area (Å²) in [5, 5.41) is 0.435. The van der Waals surface area contributed by atoms with Gasteiger partial charge in [0.05, 0.1) is 18.1 Å². The minimum Gasteiger partial charge on any atom is -0.383 e. The van der Waals surface area contributed by atoms with Crippen LogP contribution in [-0.4, -0.2) is 53.2 Å². The average Bonchev–Trinajstić information content (AvgIpc) is 2.41. The molecule has 0 amide bonds. The van der Waals surface area contributed by atoms with E-state index in [4.69, 9.17) is 21.1 Å². The van der Waals surface area contributed by atoms with E-state index in [0.29, 0.717) is 18.2 Å². The van der Waals surface area contributed by atoms with Crippen molar-refractivity contribution < 1.29 is 17.9 Å². The molecule has 1 aromatic carbocycles. The van der Waals surface area contributed by atoms with Gasteiger partial charge in [0.15, 0.2) is 0 Å². The molecule has 0 spiro atoms. The van der Waals surface area contributed by atoms with Gasteiger partial charge in [-0.3, -0.25) is 0 Å². The monoisotopic (exact) mass is 321 g/mol. The number of methoxy groups -OCH3 is 2. The van der Waals surface area contributed by atoms with Gasteiger partial charge in [0.25, 0.3) is 0 Å². The number of hydrogen-bond donors (Lipinski definition) is 0. The first kappa shape index (κ1) is 17.4. The van der Waals surface area contributed by atoms with Crippen LogP contribution in [0, 0.1) is 6.92 Å². The predicted molar refractivity (Wildman–Crippen MR) is 78.7 cm³/mol. The Kier molecular flexibility index (Phi) is 6.91. The molecule has 7 heteroatoms. The Balaban J connectivity index is 3.03. The van der Waals surface area contributed by atoms with Crippen LogP contribution in [0.1, 0.15) is 5.56 Å². The third-order valence-electron chi connectivity index (χ3n) is 2.87. The maximum absolute atomic E-state index is 12.6. The van der Waals surface area contributed by atoms with E-state index in [-0.39, 0.29) is 18.0 Å². The van der Waals surface area contributed by atoms with Crippen molar-refractivity contribution in [2.75, 3.05) is 40.5 Å². The summed E-state index contributed by atoms with van der Waals surface area (Å²) in [5.74, 6) is 0. The van der Waals surface area contributed by atoms with Gasteiger partial charge >= 0.3 is 0 Å². The summed E-state index contributed by atoms with van der Waals surface area (Å²) in [5.41, 5.74) is 0.839. The van der Waals surface area contributed by atoms with Crippen molar-refractivity contribution in [1.29, 1.82) is 0 Å². The normalized spacial score (nSPS) is 12.1. The minimum atomic E-state index is -3.60. The molecule has 0 bridgehead atoms. The first-order valence-electron chi connectivity index (χ1n) is 6.17. The predicted octanol–water partition coefficient (Wildman–Crippen LogP) is 1.93. The van der Waals surface area contributed by atoms with E-state index in [2.05, 4.69) is 0 Å². The van der Waals surface area contributed by atoms with E-state index >= 15 is 0 Å². The molecule has 114 valence electrons. The lowest BCUT2D eigenvalue weighted by Gasteiger charge is -2.21. The lowest BCUT2D eigenvalue weighted by atomic mass is 10.2. The summed E-state index contributed by atoms with van der Waals surface area (Å²) >= 11 is 6.00. The number of rotatable bonds is 8.